The summed E-state index contributed by atoms with van der Waals surface area (Å²) in [5.74, 6) is 0.536. The highest BCUT2D eigenvalue weighted by Gasteiger charge is 2.24. The lowest BCUT2D eigenvalue weighted by atomic mass is 10.0. The van der Waals surface area contributed by atoms with E-state index in [1.165, 1.54) is 19.3 Å². The summed E-state index contributed by atoms with van der Waals surface area (Å²) < 4.78 is 4.87. The SMILES string of the molecule is CCOC(=O)CCCNC1CCCC1CN. The third kappa shape index (κ3) is 4.49. The van der Waals surface area contributed by atoms with Crippen molar-refractivity contribution >= 4 is 5.97 Å². The van der Waals surface area contributed by atoms with Gasteiger partial charge in [0.1, 0.15) is 0 Å². The Bertz CT molecular complexity index is 209. The average molecular weight is 228 g/mol. The number of nitrogens with two attached hydrogens (primary N) is 1. The molecule has 1 aliphatic rings. The first-order valence-corrected chi connectivity index (χ1v) is 6.37. The average Bonchev–Trinajstić information content (AvgIpc) is 2.72. The molecule has 2 atom stereocenters. The zero-order valence-corrected chi connectivity index (χ0v) is 10.2. The summed E-state index contributed by atoms with van der Waals surface area (Å²) in [5, 5.41) is 3.49. The highest BCUT2D eigenvalue weighted by atomic mass is 16.5. The van der Waals surface area contributed by atoms with Crippen LogP contribution >= 0.6 is 0 Å². The molecule has 4 nitrogen and oxygen atoms in total. The number of rotatable bonds is 7. The smallest absolute Gasteiger partial charge is 0.305 e. The summed E-state index contributed by atoms with van der Waals surface area (Å²) in [6.45, 7) is 3.97. The Hall–Kier alpha value is -0.610. The van der Waals surface area contributed by atoms with Crippen LogP contribution in [0, 0.1) is 5.92 Å². The van der Waals surface area contributed by atoms with Gasteiger partial charge in [-0.3, -0.25) is 4.79 Å². The first-order chi connectivity index (χ1) is 7.77. The van der Waals surface area contributed by atoms with Gasteiger partial charge in [0, 0.05) is 12.5 Å². The molecule has 0 bridgehead atoms. The normalized spacial score (nSPS) is 24.6. The van der Waals surface area contributed by atoms with Gasteiger partial charge in [0.15, 0.2) is 0 Å². The van der Waals surface area contributed by atoms with Gasteiger partial charge >= 0.3 is 5.97 Å². The van der Waals surface area contributed by atoms with Crippen molar-refractivity contribution in [1.82, 2.24) is 5.32 Å². The lowest BCUT2D eigenvalue weighted by Gasteiger charge is -2.19. The molecule has 1 rings (SSSR count). The predicted octanol–water partition coefficient (Wildman–Crippen LogP) is 1.05. The fourth-order valence-corrected chi connectivity index (χ4v) is 2.34. The van der Waals surface area contributed by atoms with E-state index in [1.807, 2.05) is 6.92 Å². The molecule has 1 aliphatic carbocycles. The van der Waals surface area contributed by atoms with Crippen LogP contribution < -0.4 is 11.1 Å². The van der Waals surface area contributed by atoms with Crippen molar-refractivity contribution in [2.45, 2.75) is 45.1 Å². The largest absolute Gasteiger partial charge is 0.466 e. The molecular formula is C12H24N2O2. The fraction of sp³-hybridized carbons (Fsp3) is 0.917. The van der Waals surface area contributed by atoms with E-state index in [4.69, 9.17) is 10.5 Å². The monoisotopic (exact) mass is 228 g/mol. The quantitative estimate of drug-likeness (QED) is 0.505. The number of carbonyl (C=O) groups excluding carboxylic acids is 1. The van der Waals surface area contributed by atoms with E-state index < -0.39 is 0 Å². The van der Waals surface area contributed by atoms with Gasteiger partial charge in [0.25, 0.3) is 0 Å². The second kappa shape index (κ2) is 7.63. The van der Waals surface area contributed by atoms with Crippen LogP contribution in [0.5, 0.6) is 0 Å². The van der Waals surface area contributed by atoms with Crippen LogP contribution in [0.15, 0.2) is 0 Å². The van der Waals surface area contributed by atoms with Gasteiger partial charge in [0.2, 0.25) is 0 Å². The molecular weight excluding hydrogens is 204 g/mol. The molecule has 1 fully saturated rings. The second-order valence-electron chi connectivity index (χ2n) is 4.40. The van der Waals surface area contributed by atoms with Crippen molar-refractivity contribution < 1.29 is 9.53 Å². The summed E-state index contributed by atoms with van der Waals surface area (Å²) in [7, 11) is 0. The van der Waals surface area contributed by atoms with Gasteiger partial charge in [-0.05, 0) is 45.2 Å². The minimum absolute atomic E-state index is 0.0916. The van der Waals surface area contributed by atoms with E-state index in [0.717, 1.165) is 19.5 Å². The van der Waals surface area contributed by atoms with E-state index in [-0.39, 0.29) is 5.97 Å². The molecule has 1 saturated carbocycles. The number of esters is 1. The molecule has 0 spiro atoms. The molecule has 0 heterocycles. The van der Waals surface area contributed by atoms with Gasteiger partial charge in [-0.2, -0.15) is 0 Å². The molecule has 0 radical (unpaired) electrons. The van der Waals surface area contributed by atoms with Crippen LogP contribution in [0.25, 0.3) is 0 Å². The molecule has 0 aromatic carbocycles. The van der Waals surface area contributed by atoms with Gasteiger partial charge < -0.3 is 15.8 Å². The van der Waals surface area contributed by atoms with Gasteiger partial charge in [-0.15, -0.1) is 0 Å². The molecule has 3 N–H and O–H groups in total. The Morgan fingerprint density at radius 1 is 1.50 bits per heavy atom. The third-order valence-corrected chi connectivity index (χ3v) is 3.23. The minimum atomic E-state index is -0.0916. The number of hydrogen-bond acceptors (Lipinski definition) is 4. The molecule has 0 aromatic heterocycles. The lowest BCUT2D eigenvalue weighted by molar-refractivity contribution is -0.143. The summed E-state index contributed by atoms with van der Waals surface area (Å²) in [6, 6.07) is 0.562. The summed E-state index contributed by atoms with van der Waals surface area (Å²) >= 11 is 0. The fourth-order valence-electron chi connectivity index (χ4n) is 2.34. The first-order valence-electron chi connectivity index (χ1n) is 6.37. The standard InChI is InChI=1S/C12H24N2O2/c1-2-16-12(15)7-4-8-14-11-6-3-5-10(11)9-13/h10-11,14H,2-9,13H2,1H3. The Morgan fingerprint density at radius 3 is 3.00 bits per heavy atom. The maximum absolute atomic E-state index is 11.1. The van der Waals surface area contributed by atoms with Crippen LogP contribution in [-0.2, 0) is 9.53 Å². The molecule has 16 heavy (non-hydrogen) atoms. The molecule has 0 aromatic rings. The van der Waals surface area contributed by atoms with Crippen molar-refractivity contribution in [3.05, 3.63) is 0 Å². The minimum Gasteiger partial charge on any atom is -0.466 e. The van der Waals surface area contributed by atoms with Gasteiger partial charge in [-0.25, -0.2) is 0 Å². The molecule has 2 unspecified atom stereocenters. The summed E-state index contributed by atoms with van der Waals surface area (Å²) in [6.07, 6.45) is 5.11. The van der Waals surface area contributed by atoms with Crippen LogP contribution in [0.1, 0.15) is 39.0 Å². The maximum Gasteiger partial charge on any atom is 0.305 e. The molecule has 0 saturated heterocycles. The number of hydrogen-bond donors (Lipinski definition) is 2. The van der Waals surface area contributed by atoms with Crippen molar-refractivity contribution in [2.75, 3.05) is 19.7 Å². The third-order valence-electron chi connectivity index (χ3n) is 3.23. The summed E-state index contributed by atoms with van der Waals surface area (Å²) in [5.41, 5.74) is 5.70. The maximum atomic E-state index is 11.1. The topological polar surface area (TPSA) is 64.3 Å². The first kappa shape index (κ1) is 13.5. The van der Waals surface area contributed by atoms with Crippen LogP contribution in [0.2, 0.25) is 0 Å². The van der Waals surface area contributed by atoms with Crippen molar-refractivity contribution in [2.24, 2.45) is 11.7 Å². The lowest BCUT2D eigenvalue weighted by Crippen LogP contribution is -2.36. The van der Waals surface area contributed by atoms with Crippen molar-refractivity contribution in [3.63, 3.8) is 0 Å². The number of carbonyl (C=O) groups is 1. The van der Waals surface area contributed by atoms with Gasteiger partial charge in [-0.1, -0.05) is 6.42 Å². The van der Waals surface area contributed by atoms with E-state index in [9.17, 15) is 4.79 Å². The molecule has 0 aliphatic heterocycles. The Kier molecular flexibility index (Phi) is 6.42. The highest BCUT2D eigenvalue weighted by Crippen LogP contribution is 2.24. The van der Waals surface area contributed by atoms with Crippen LogP contribution in [0.3, 0.4) is 0 Å². The second-order valence-corrected chi connectivity index (χ2v) is 4.40. The summed E-state index contributed by atoms with van der Waals surface area (Å²) in [4.78, 5) is 11.1. The Morgan fingerprint density at radius 2 is 2.31 bits per heavy atom. The predicted molar refractivity (Wildman–Crippen MR) is 64.1 cm³/mol. The Labute approximate surface area is 97.9 Å². The zero-order valence-electron chi connectivity index (χ0n) is 10.2. The number of ether oxygens (including phenoxy) is 1. The van der Waals surface area contributed by atoms with E-state index in [0.29, 0.717) is 25.0 Å². The number of nitrogens with one attached hydrogen (secondary N) is 1. The van der Waals surface area contributed by atoms with Crippen LogP contribution in [-0.4, -0.2) is 31.7 Å². The molecule has 0 amide bonds. The highest BCUT2D eigenvalue weighted by molar-refractivity contribution is 5.69. The van der Waals surface area contributed by atoms with E-state index >= 15 is 0 Å². The Balaban J connectivity index is 2.04. The van der Waals surface area contributed by atoms with E-state index in [1.54, 1.807) is 0 Å². The van der Waals surface area contributed by atoms with Crippen molar-refractivity contribution in [1.29, 1.82) is 0 Å². The zero-order chi connectivity index (χ0) is 11.8. The van der Waals surface area contributed by atoms with Crippen LogP contribution in [0.4, 0.5) is 0 Å². The van der Waals surface area contributed by atoms with Crippen molar-refractivity contribution in [3.8, 4) is 0 Å². The van der Waals surface area contributed by atoms with Gasteiger partial charge in [0.05, 0.1) is 6.61 Å². The molecule has 94 valence electrons. The van der Waals surface area contributed by atoms with E-state index in [2.05, 4.69) is 5.32 Å². The molecule has 4 heteroatoms.